The summed E-state index contributed by atoms with van der Waals surface area (Å²) in [4.78, 5) is 4.02. The Balaban J connectivity index is 1.80. The minimum atomic E-state index is 0.810. The van der Waals surface area contributed by atoms with E-state index in [0.29, 0.717) is 0 Å². The lowest BCUT2D eigenvalue weighted by Crippen LogP contribution is -1.99. The molecular formula is C16H13BrN2. The number of fused-ring (bicyclic) bond motifs is 1. The van der Waals surface area contributed by atoms with Crippen molar-refractivity contribution in [3.05, 3.63) is 71.0 Å². The molecule has 2 nitrogen and oxygen atoms in total. The predicted octanol–water partition coefficient (Wildman–Crippen LogP) is 4.61. The molecule has 3 heteroatoms. The molecule has 1 N–H and O–H groups in total. The van der Waals surface area contributed by atoms with Gasteiger partial charge >= 0.3 is 0 Å². The lowest BCUT2D eigenvalue weighted by atomic mass is 10.1. The number of pyridine rings is 1. The van der Waals surface area contributed by atoms with E-state index in [0.717, 1.165) is 16.7 Å². The molecule has 0 radical (unpaired) electrons. The second-order valence-corrected chi connectivity index (χ2v) is 5.33. The summed E-state index contributed by atoms with van der Waals surface area (Å²) in [6.45, 7) is 0.810. The van der Waals surface area contributed by atoms with Crippen molar-refractivity contribution < 1.29 is 0 Å². The van der Waals surface area contributed by atoms with Crippen LogP contribution in [0.2, 0.25) is 0 Å². The number of hydrogen-bond acceptors (Lipinski definition) is 2. The van der Waals surface area contributed by atoms with Gasteiger partial charge in [0.05, 0.1) is 0 Å². The minimum absolute atomic E-state index is 0.810. The fraction of sp³-hybridized carbons (Fsp3) is 0.0625. The van der Waals surface area contributed by atoms with Gasteiger partial charge in [0.25, 0.3) is 0 Å². The van der Waals surface area contributed by atoms with E-state index in [1.54, 1.807) is 0 Å². The number of rotatable bonds is 3. The number of hydrogen-bond donors (Lipinski definition) is 1. The van der Waals surface area contributed by atoms with E-state index in [9.17, 15) is 0 Å². The van der Waals surface area contributed by atoms with Crippen LogP contribution in [0.25, 0.3) is 10.8 Å². The van der Waals surface area contributed by atoms with Gasteiger partial charge in [-0.2, -0.15) is 0 Å². The number of aromatic nitrogens is 1. The molecule has 0 atom stereocenters. The summed E-state index contributed by atoms with van der Waals surface area (Å²) in [6, 6.07) is 16.8. The van der Waals surface area contributed by atoms with Crippen LogP contribution in [0.1, 0.15) is 5.56 Å². The molecule has 0 saturated carbocycles. The molecule has 0 amide bonds. The van der Waals surface area contributed by atoms with Gasteiger partial charge in [0.15, 0.2) is 0 Å². The molecule has 1 aromatic heterocycles. The van der Waals surface area contributed by atoms with Crippen LogP contribution >= 0.6 is 15.9 Å². The van der Waals surface area contributed by atoms with Crippen LogP contribution in [0.4, 0.5) is 5.69 Å². The molecule has 1 heterocycles. The van der Waals surface area contributed by atoms with Gasteiger partial charge in [-0.25, -0.2) is 0 Å². The highest BCUT2D eigenvalue weighted by Gasteiger charge is 1.98. The standard InChI is InChI=1S/C16H13BrN2/c17-15-3-1-14-10-16(4-2-13(14)9-15)19-11-12-5-7-18-8-6-12/h1-10,19H,11H2. The van der Waals surface area contributed by atoms with Crippen LogP contribution in [0.5, 0.6) is 0 Å². The van der Waals surface area contributed by atoms with Crippen molar-refractivity contribution in [2.45, 2.75) is 6.54 Å². The molecular weight excluding hydrogens is 300 g/mol. The summed E-state index contributed by atoms with van der Waals surface area (Å²) in [5.74, 6) is 0. The zero-order valence-corrected chi connectivity index (χ0v) is 11.9. The van der Waals surface area contributed by atoms with Gasteiger partial charge in [0.1, 0.15) is 0 Å². The van der Waals surface area contributed by atoms with E-state index in [1.807, 2.05) is 24.5 Å². The lowest BCUT2D eigenvalue weighted by Gasteiger charge is -2.08. The Morgan fingerprint density at radius 1 is 0.895 bits per heavy atom. The maximum absolute atomic E-state index is 4.02. The highest BCUT2D eigenvalue weighted by molar-refractivity contribution is 9.10. The molecule has 0 unspecified atom stereocenters. The van der Waals surface area contributed by atoms with Crippen LogP contribution in [-0.2, 0) is 6.54 Å². The van der Waals surface area contributed by atoms with Crippen molar-refractivity contribution in [2.24, 2.45) is 0 Å². The molecule has 0 aliphatic carbocycles. The quantitative estimate of drug-likeness (QED) is 0.764. The number of benzene rings is 2. The first-order valence-electron chi connectivity index (χ1n) is 6.13. The summed E-state index contributed by atoms with van der Waals surface area (Å²) in [5.41, 5.74) is 2.36. The van der Waals surface area contributed by atoms with Gasteiger partial charge in [-0.05, 0) is 52.7 Å². The maximum atomic E-state index is 4.02. The number of nitrogens with zero attached hydrogens (tertiary/aromatic N) is 1. The summed E-state index contributed by atoms with van der Waals surface area (Å²) < 4.78 is 1.11. The molecule has 0 bridgehead atoms. The van der Waals surface area contributed by atoms with Crippen molar-refractivity contribution in [2.75, 3.05) is 5.32 Å². The fourth-order valence-corrected chi connectivity index (χ4v) is 2.41. The van der Waals surface area contributed by atoms with Crippen LogP contribution in [0.3, 0.4) is 0 Å². The van der Waals surface area contributed by atoms with Gasteiger partial charge < -0.3 is 5.32 Å². The average molecular weight is 313 g/mol. The maximum Gasteiger partial charge on any atom is 0.0401 e. The third-order valence-corrected chi connectivity index (χ3v) is 3.54. The topological polar surface area (TPSA) is 24.9 Å². The number of nitrogens with one attached hydrogen (secondary N) is 1. The van der Waals surface area contributed by atoms with E-state index in [1.165, 1.54) is 16.3 Å². The first-order valence-corrected chi connectivity index (χ1v) is 6.93. The van der Waals surface area contributed by atoms with E-state index < -0.39 is 0 Å². The highest BCUT2D eigenvalue weighted by atomic mass is 79.9. The second kappa shape index (κ2) is 5.41. The van der Waals surface area contributed by atoms with Gasteiger partial charge in [-0.15, -0.1) is 0 Å². The van der Waals surface area contributed by atoms with Crippen molar-refractivity contribution in [3.8, 4) is 0 Å². The highest BCUT2D eigenvalue weighted by Crippen LogP contribution is 2.23. The molecule has 0 saturated heterocycles. The predicted molar refractivity (Wildman–Crippen MR) is 83.2 cm³/mol. The molecule has 3 aromatic rings. The van der Waals surface area contributed by atoms with E-state index in [2.05, 4.69) is 62.6 Å². The van der Waals surface area contributed by atoms with E-state index in [-0.39, 0.29) is 0 Å². The molecule has 0 aliphatic heterocycles. The third kappa shape index (κ3) is 2.93. The smallest absolute Gasteiger partial charge is 0.0401 e. The van der Waals surface area contributed by atoms with Gasteiger partial charge in [-0.3, -0.25) is 4.98 Å². The Bertz CT molecular complexity index is 695. The molecule has 0 fully saturated rings. The first kappa shape index (κ1) is 12.2. The Labute approximate surface area is 120 Å². The molecule has 3 rings (SSSR count). The van der Waals surface area contributed by atoms with Crippen LogP contribution in [0, 0.1) is 0 Å². The Hall–Kier alpha value is -1.87. The van der Waals surface area contributed by atoms with Gasteiger partial charge in [-0.1, -0.05) is 28.1 Å². The number of anilines is 1. The molecule has 0 aliphatic rings. The fourth-order valence-electron chi connectivity index (χ4n) is 2.03. The largest absolute Gasteiger partial charge is 0.381 e. The van der Waals surface area contributed by atoms with Gasteiger partial charge in [0.2, 0.25) is 0 Å². The molecule has 19 heavy (non-hydrogen) atoms. The molecule has 94 valence electrons. The normalized spacial score (nSPS) is 10.6. The SMILES string of the molecule is Brc1ccc2cc(NCc3ccncc3)ccc2c1. The zero-order chi connectivity index (χ0) is 13.1. The van der Waals surface area contributed by atoms with Crippen molar-refractivity contribution >= 4 is 32.4 Å². The monoisotopic (exact) mass is 312 g/mol. The minimum Gasteiger partial charge on any atom is -0.381 e. The Morgan fingerprint density at radius 2 is 1.63 bits per heavy atom. The molecule has 2 aromatic carbocycles. The Kier molecular flexibility index (Phi) is 3.47. The van der Waals surface area contributed by atoms with Crippen molar-refractivity contribution in [1.82, 2.24) is 4.98 Å². The average Bonchev–Trinajstić information content (AvgIpc) is 2.46. The number of halogens is 1. The lowest BCUT2D eigenvalue weighted by molar-refractivity contribution is 1.13. The Morgan fingerprint density at radius 3 is 2.47 bits per heavy atom. The summed E-state index contributed by atoms with van der Waals surface area (Å²) in [7, 11) is 0. The zero-order valence-electron chi connectivity index (χ0n) is 10.3. The van der Waals surface area contributed by atoms with Crippen LogP contribution < -0.4 is 5.32 Å². The van der Waals surface area contributed by atoms with Crippen LogP contribution in [0.15, 0.2) is 65.4 Å². The van der Waals surface area contributed by atoms with Crippen molar-refractivity contribution in [1.29, 1.82) is 0 Å². The second-order valence-electron chi connectivity index (χ2n) is 4.42. The van der Waals surface area contributed by atoms with E-state index in [4.69, 9.17) is 0 Å². The third-order valence-electron chi connectivity index (χ3n) is 3.05. The summed E-state index contributed by atoms with van der Waals surface area (Å²) >= 11 is 3.49. The van der Waals surface area contributed by atoms with Crippen LogP contribution in [-0.4, -0.2) is 4.98 Å². The van der Waals surface area contributed by atoms with Crippen molar-refractivity contribution in [3.63, 3.8) is 0 Å². The van der Waals surface area contributed by atoms with Gasteiger partial charge in [0, 0.05) is 29.1 Å². The summed E-state index contributed by atoms with van der Waals surface area (Å²) in [6.07, 6.45) is 3.63. The first-order chi connectivity index (χ1) is 9.31. The molecule has 0 spiro atoms. The summed E-state index contributed by atoms with van der Waals surface area (Å²) in [5, 5.41) is 5.91. The van der Waals surface area contributed by atoms with E-state index >= 15 is 0 Å².